The average molecular weight is 825 g/mol. The number of para-hydroxylation sites is 2. The second-order valence-electron chi connectivity index (χ2n) is 14.0. The van der Waals surface area contributed by atoms with Gasteiger partial charge in [-0.2, -0.15) is 0 Å². The number of rotatable bonds is 15. The van der Waals surface area contributed by atoms with E-state index in [1.807, 2.05) is 140 Å². The molecule has 0 saturated heterocycles. The van der Waals surface area contributed by atoms with Crippen LogP contribution in [0.15, 0.2) is 170 Å². The zero-order chi connectivity index (χ0) is 43.1. The lowest BCUT2D eigenvalue weighted by Gasteiger charge is -2.12. The Bertz CT molecular complexity index is 2740. The molecule has 0 bridgehead atoms. The molecular weight excluding hydrogens is 781 g/mol. The third-order valence-corrected chi connectivity index (χ3v) is 9.75. The van der Waals surface area contributed by atoms with Crippen molar-refractivity contribution in [1.82, 2.24) is 19.9 Å². The molecule has 0 amide bonds. The summed E-state index contributed by atoms with van der Waals surface area (Å²) in [5.41, 5.74) is 15.6. The van der Waals surface area contributed by atoms with Crippen molar-refractivity contribution in [3.8, 4) is 45.5 Å². The lowest BCUT2D eigenvalue weighted by Crippen LogP contribution is -2.00. The smallest absolute Gasteiger partial charge is 0.311 e. The molecule has 12 nitrogen and oxygen atoms in total. The molecular formula is C50H44N6O6. The number of nitrogens with zero attached hydrogens (tertiary/aromatic N) is 5. The average Bonchev–Trinajstić information content (AvgIpc) is 3.31. The van der Waals surface area contributed by atoms with Crippen LogP contribution in [0.5, 0.6) is 23.0 Å². The molecule has 0 saturated carbocycles. The van der Waals surface area contributed by atoms with Crippen molar-refractivity contribution < 1.29 is 23.9 Å². The predicted octanol–water partition coefficient (Wildman–Crippen LogP) is 10.1. The molecule has 0 unspecified atom stereocenters. The number of nitro groups is 1. The van der Waals surface area contributed by atoms with Crippen LogP contribution in [0.4, 0.5) is 11.4 Å². The van der Waals surface area contributed by atoms with E-state index >= 15 is 0 Å². The molecule has 0 spiro atoms. The minimum Gasteiger partial charge on any atom is -0.495 e. The van der Waals surface area contributed by atoms with E-state index in [-0.39, 0.29) is 11.4 Å². The summed E-state index contributed by atoms with van der Waals surface area (Å²) in [6, 6.07) is 50.2. The Kier molecular flexibility index (Phi) is 14.0. The summed E-state index contributed by atoms with van der Waals surface area (Å²) in [6.45, 7) is 0.951. The van der Waals surface area contributed by atoms with Crippen molar-refractivity contribution in [3.05, 3.63) is 214 Å². The molecule has 8 rings (SSSR count). The van der Waals surface area contributed by atoms with E-state index in [4.69, 9.17) is 24.7 Å². The quantitative estimate of drug-likeness (QED) is 0.0596. The van der Waals surface area contributed by atoms with Gasteiger partial charge in [0, 0.05) is 41.4 Å². The maximum absolute atomic E-state index is 11.3. The van der Waals surface area contributed by atoms with E-state index in [2.05, 4.69) is 19.9 Å². The Hall–Kier alpha value is -8.12. The summed E-state index contributed by atoms with van der Waals surface area (Å²) in [7, 11) is 3.02. The molecule has 310 valence electrons. The van der Waals surface area contributed by atoms with Gasteiger partial charge in [-0.05, 0) is 76.9 Å². The Balaban J connectivity index is 0.000000187. The van der Waals surface area contributed by atoms with Crippen LogP contribution in [-0.4, -0.2) is 39.1 Å². The first-order valence-corrected chi connectivity index (χ1v) is 19.7. The molecule has 6 aromatic carbocycles. The normalized spacial score (nSPS) is 10.5. The lowest BCUT2D eigenvalue weighted by atomic mass is 10.1. The molecule has 12 heteroatoms. The van der Waals surface area contributed by atoms with Crippen LogP contribution in [0, 0.1) is 10.1 Å². The standard InChI is InChI=1S/C25H21N3O4.C25H23N3O2/c1-31-25-12-11-19(14-23(25)28(29)30)13-20-15-22(27-17-26-20)21-9-5-6-10-24(21)32-16-18-7-3-2-4-8-18;1-29-25-12-11-19(14-22(25)26)13-20-15-23(28-17-27-20)21-9-5-6-10-24(21)30-16-18-7-3-2-4-8-18/h2-12,14-15,17H,13,16H2,1H3;2-12,14-15,17H,13,16,26H2,1H3. The van der Waals surface area contributed by atoms with Gasteiger partial charge in [-0.1, -0.05) is 97.1 Å². The molecule has 62 heavy (non-hydrogen) atoms. The van der Waals surface area contributed by atoms with Crippen LogP contribution in [-0.2, 0) is 26.1 Å². The number of methoxy groups -OCH3 is 2. The second-order valence-corrected chi connectivity index (χ2v) is 14.0. The third kappa shape index (κ3) is 11.1. The SMILES string of the molecule is COc1ccc(Cc2cc(-c3ccccc3OCc3ccccc3)ncn2)cc1N.COc1ccc(Cc2cc(-c3ccccc3OCc3ccccc3)ncn2)cc1[N+](=O)[O-]. The topological polar surface area (TPSA) is 158 Å². The number of nitrogen functional groups attached to an aromatic ring is 1. The number of ether oxygens (including phenoxy) is 4. The summed E-state index contributed by atoms with van der Waals surface area (Å²) >= 11 is 0. The molecule has 2 heterocycles. The summed E-state index contributed by atoms with van der Waals surface area (Å²) in [4.78, 5) is 28.5. The zero-order valence-corrected chi connectivity index (χ0v) is 34.3. The number of benzene rings is 6. The van der Waals surface area contributed by atoms with Gasteiger partial charge in [0.2, 0.25) is 0 Å². The summed E-state index contributed by atoms with van der Waals surface area (Å²) < 4.78 is 22.4. The molecule has 0 radical (unpaired) electrons. The number of nitro benzene ring substituents is 1. The number of hydrogen-bond donors (Lipinski definition) is 1. The van der Waals surface area contributed by atoms with E-state index in [1.165, 1.54) is 19.5 Å². The summed E-state index contributed by atoms with van der Waals surface area (Å²) in [6.07, 6.45) is 4.16. The van der Waals surface area contributed by atoms with E-state index in [9.17, 15) is 10.1 Å². The van der Waals surface area contributed by atoms with Crippen LogP contribution in [0.25, 0.3) is 22.5 Å². The van der Waals surface area contributed by atoms with Gasteiger partial charge < -0.3 is 24.7 Å². The van der Waals surface area contributed by atoms with Gasteiger partial charge in [0.1, 0.15) is 43.1 Å². The molecule has 2 aromatic heterocycles. The minimum atomic E-state index is -0.450. The molecule has 2 N–H and O–H groups in total. The van der Waals surface area contributed by atoms with Gasteiger partial charge in [-0.15, -0.1) is 0 Å². The highest BCUT2D eigenvalue weighted by Crippen LogP contribution is 2.32. The molecule has 0 aliphatic rings. The predicted molar refractivity (Wildman–Crippen MR) is 239 cm³/mol. The van der Waals surface area contributed by atoms with Crippen LogP contribution in [0.2, 0.25) is 0 Å². The van der Waals surface area contributed by atoms with Crippen LogP contribution in [0.1, 0.15) is 33.6 Å². The highest BCUT2D eigenvalue weighted by Gasteiger charge is 2.17. The number of hydrogen-bond acceptors (Lipinski definition) is 11. The molecule has 0 aliphatic heterocycles. The van der Waals surface area contributed by atoms with Crippen LogP contribution >= 0.6 is 0 Å². The van der Waals surface area contributed by atoms with Crippen molar-refractivity contribution in [2.75, 3.05) is 20.0 Å². The van der Waals surface area contributed by atoms with Gasteiger partial charge in [-0.3, -0.25) is 10.1 Å². The van der Waals surface area contributed by atoms with Crippen molar-refractivity contribution in [2.45, 2.75) is 26.1 Å². The van der Waals surface area contributed by atoms with E-state index < -0.39 is 4.92 Å². The minimum absolute atomic E-state index is 0.0704. The van der Waals surface area contributed by atoms with Gasteiger partial charge >= 0.3 is 5.69 Å². The van der Waals surface area contributed by atoms with Gasteiger partial charge in [0.15, 0.2) is 5.75 Å². The number of anilines is 1. The summed E-state index contributed by atoms with van der Waals surface area (Å²) in [5, 5.41) is 11.3. The third-order valence-electron chi connectivity index (χ3n) is 9.75. The Labute approximate surface area is 359 Å². The van der Waals surface area contributed by atoms with Gasteiger partial charge in [0.05, 0.1) is 36.2 Å². The number of aromatic nitrogens is 4. The van der Waals surface area contributed by atoms with Gasteiger partial charge in [0.25, 0.3) is 0 Å². The fourth-order valence-corrected chi connectivity index (χ4v) is 6.66. The van der Waals surface area contributed by atoms with Crippen LogP contribution < -0.4 is 24.7 Å². The largest absolute Gasteiger partial charge is 0.495 e. The van der Waals surface area contributed by atoms with Crippen molar-refractivity contribution in [2.24, 2.45) is 0 Å². The first kappa shape index (κ1) is 42.0. The Morgan fingerprint density at radius 3 is 1.42 bits per heavy atom. The maximum Gasteiger partial charge on any atom is 0.311 e. The van der Waals surface area contributed by atoms with Crippen molar-refractivity contribution >= 4 is 11.4 Å². The zero-order valence-electron chi connectivity index (χ0n) is 34.3. The van der Waals surface area contributed by atoms with E-state index in [0.717, 1.165) is 67.7 Å². The first-order chi connectivity index (χ1) is 30.4. The monoisotopic (exact) mass is 824 g/mol. The fraction of sp³-hybridized carbons (Fsp3) is 0.120. The first-order valence-electron chi connectivity index (χ1n) is 19.7. The maximum atomic E-state index is 11.3. The van der Waals surface area contributed by atoms with E-state index in [1.54, 1.807) is 25.6 Å². The molecule has 0 atom stereocenters. The highest BCUT2D eigenvalue weighted by molar-refractivity contribution is 5.68. The Morgan fingerprint density at radius 1 is 0.500 bits per heavy atom. The molecule has 0 aliphatic carbocycles. The lowest BCUT2D eigenvalue weighted by molar-refractivity contribution is -0.385. The van der Waals surface area contributed by atoms with E-state index in [0.29, 0.717) is 37.5 Å². The second kappa shape index (κ2) is 20.7. The molecule has 0 fully saturated rings. The number of nitrogens with two attached hydrogens (primary N) is 1. The van der Waals surface area contributed by atoms with Gasteiger partial charge in [-0.25, -0.2) is 19.9 Å². The van der Waals surface area contributed by atoms with Crippen molar-refractivity contribution in [1.29, 1.82) is 0 Å². The summed E-state index contributed by atoms with van der Waals surface area (Å²) in [5.74, 6) is 2.42. The highest BCUT2D eigenvalue weighted by atomic mass is 16.6. The van der Waals surface area contributed by atoms with Crippen LogP contribution in [0.3, 0.4) is 0 Å². The fourth-order valence-electron chi connectivity index (χ4n) is 6.66. The van der Waals surface area contributed by atoms with Crippen molar-refractivity contribution in [3.63, 3.8) is 0 Å². The Morgan fingerprint density at radius 2 is 0.952 bits per heavy atom. The molecule has 8 aromatic rings.